The third-order valence-corrected chi connectivity index (χ3v) is 7.85. The lowest BCUT2D eigenvalue weighted by molar-refractivity contribution is -0.137. The number of carbonyl (C=O) groups excluding carboxylic acids is 1. The molecular weight excluding hydrogens is 419 g/mol. The van der Waals surface area contributed by atoms with Crippen LogP contribution >= 0.6 is 0 Å². The average Bonchev–Trinajstić information content (AvgIpc) is 3.44. The van der Waals surface area contributed by atoms with E-state index < -0.39 is 21.6 Å². The molecule has 10 heteroatoms. The number of rotatable bonds is 5. The van der Waals surface area contributed by atoms with Gasteiger partial charge >= 0.3 is 6.18 Å². The molecule has 2 saturated heterocycles. The quantitative estimate of drug-likeness (QED) is 0.694. The van der Waals surface area contributed by atoms with E-state index in [-0.39, 0.29) is 36.0 Å². The van der Waals surface area contributed by atoms with Crippen LogP contribution in [0.15, 0.2) is 24.3 Å². The first-order chi connectivity index (χ1) is 14.1. The Morgan fingerprint density at radius 3 is 2.33 bits per heavy atom. The summed E-state index contributed by atoms with van der Waals surface area (Å²) < 4.78 is 62.5. The number of amides is 1. The molecule has 0 aromatic heterocycles. The summed E-state index contributed by atoms with van der Waals surface area (Å²) in [5, 5.41) is 0. The van der Waals surface area contributed by atoms with E-state index >= 15 is 0 Å². The lowest BCUT2D eigenvalue weighted by atomic mass is 10.1. The number of hydrogen-bond acceptors (Lipinski definition) is 5. The molecular formula is C20H26F3N3O3S. The highest BCUT2D eigenvalue weighted by atomic mass is 32.2. The van der Waals surface area contributed by atoms with E-state index in [4.69, 9.17) is 0 Å². The van der Waals surface area contributed by atoms with Gasteiger partial charge in [-0.05, 0) is 37.5 Å². The van der Waals surface area contributed by atoms with Gasteiger partial charge in [-0.1, -0.05) is 6.07 Å². The third kappa shape index (κ3) is 4.91. The van der Waals surface area contributed by atoms with Crippen molar-refractivity contribution in [1.82, 2.24) is 9.80 Å². The van der Waals surface area contributed by atoms with Gasteiger partial charge in [0, 0.05) is 44.0 Å². The van der Waals surface area contributed by atoms with Gasteiger partial charge in [-0.25, -0.2) is 8.42 Å². The Bertz CT molecular complexity index is 894. The largest absolute Gasteiger partial charge is 0.416 e. The van der Waals surface area contributed by atoms with Crippen LogP contribution in [0, 0.1) is 0 Å². The van der Waals surface area contributed by atoms with Crippen molar-refractivity contribution < 1.29 is 26.4 Å². The fourth-order valence-electron chi connectivity index (χ4n) is 4.37. The van der Waals surface area contributed by atoms with Crippen molar-refractivity contribution in [3.05, 3.63) is 29.8 Å². The normalized spacial score (nSPS) is 24.8. The van der Waals surface area contributed by atoms with Crippen LogP contribution in [-0.4, -0.2) is 80.4 Å². The molecule has 4 rings (SSSR count). The first-order valence-corrected chi connectivity index (χ1v) is 12.1. The summed E-state index contributed by atoms with van der Waals surface area (Å²) in [5.41, 5.74) is -0.129. The monoisotopic (exact) mass is 445 g/mol. The molecule has 1 saturated carbocycles. The Morgan fingerprint density at radius 2 is 1.77 bits per heavy atom. The van der Waals surface area contributed by atoms with Gasteiger partial charge in [0.15, 0.2) is 9.84 Å². The molecule has 3 aliphatic rings. The van der Waals surface area contributed by atoms with Crippen LogP contribution in [-0.2, 0) is 20.8 Å². The first kappa shape index (κ1) is 21.4. The number of carbonyl (C=O) groups is 1. The molecule has 3 fully saturated rings. The summed E-state index contributed by atoms with van der Waals surface area (Å²) >= 11 is 0. The number of alkyl halides is 3. The Balaban J connectivity index is 1.34. The standard InChI is InChI=1S/C20H26F3N3O3S/c21-20(22,23)15-2-1-3-17(12-15)25-9-7-24(8-10-25)13-19(27)26(16-4-5-16)18-6-11-30(28,29)14-18/h1-3,12,16,18H,4-11,13-14H2/t18-/m1/s1. The number of hydrogen-bond donors (Lipinski definition) is 0. The van der Waals surface area contributed by atoms with E-state index in [0.717, 1.165) is 25.0 Å². The van der Waals surface area contributed by atoms with Gasteiger partial charge in [0.05, 0.1) is 23.6 Å². The van der Waals surface area contributed by atoms with Crippen LogP contribution < -0.4 is 4.90 Å². The topological polar surface area (TPSA) is 60.9 Å². The molecule has 1 aromatic carbocycles. The molecule has 166 valence electrons. The summed E-state index contributed by atoms with van der Waals surface area (Å²) in [5.74, 6) is 0.162. The van der Waals surface area contributed by atoms with Crippen molar-refractivity contribution in [3.63, 3.8) is 0 Å². The van der Waals surface area contributed by atoms with Gasteiger partial charge in [-0.3, -0.25) is 9.69 Å². The zero-order valence-corrected chi connectivity index (χ0v) is 17.5. The summed E-state index contributed by atoms with van der Waals surface area (Å²) in [6.45, 7) is 2.45. The van der Waals surface area contributed by atoms with E-state index in [1.807, 2.05) is 9.80 Å². The lowest BCUT2D eigenvalue weighted by Gasteiger charge is -2.37. The van der Waals surface area contributed by atoms with Gasteiger partial charge in [-0.15, -0.1) is 0 Å². The van der Waals surface area contributed by atoms with Crippen molar-refractivity contribution in [1.29, 1.82) is 0 Å². The van der Waals surface area contributed by atoms with Crippen LogP contribution in [0.4, 0.5) is 18.9 Å². The Labute approximate surface area is 174 Å². The number of halogens is 3. The molecule has 0 unspecified atom stereocenters. The summed E-state index contributed by atoms with van der Waals surface area (Å²) in [6, 6.07) is 5.25. The predicted molar refractivity (Wildman–Crippen MR) is 107 cm³/mol. The van der Waals surface area contributed by atoms with E-state index in [1.54, 1.807) is 11.0 Å². The maximum atomic E-state index is 13.0. The molecule has 0 bridgehead atoms. The van der Waals surface area contributed by atoms with Crippen molar-refractivity contribution in [2.24, 2.45) is 0 Å². The van der Waals surface area contributed by atoms with E-state index in [2.05, 4.69) is 0 Å². The van der Waals surface area contributed by atoms with Crippen molar-refractivity contribution in [2.45, 2.75) is 37.5 Å². The third-order valence-electron chi connectivity index (χ3n) is 6.10. The second kappa shape index (κ2) is 8.03. The predicted octanol–water partition coefficient (Wildman–Crippen LogP) is 2.01. The zero-order chi connectivity index (χ0) is 21.5. The number of nitrogens with zero attached hydrogens (tertiary/aromatic N) is 3. The average molecular weight is 446 g/mol. The van der Waals surface area contributed by atoms with E-state index in [1.165, 1.54) is 6.07 Å². The molecule has 0 N–H and O–H groups in total. The number of anilines is 1. The SMILES string of the molecule is O=C(CN1CCN(c2cccc(C(F)(F)F)c2)CC1)N(C1CC1)[C@@H]1CCS(=O)(=O)C1. The fraction of sp³-hybridized carbons (Fsp3) is 0.650. The van der Waals surface area contributed by atoms with Gasteiger partial charge in [0.25, 0.3) is 0 Å². The van der Waals surface area contributed by atoms with Crippen LogP contribution in [0.2, 0.25) is 0 Å². The van der Waals surface area contributed by atoms with Crippen LogP contribution in [0.25, 0.3) is 0 Å². The molecule has 30 heavy (non-hydrogen) atoms. The second-order valence-corrected chi connectivity index (χ2v) is 10.6. The highest BCUT2D eigenvalue weighted by Gasteiger charge is 2.42. The van der Waals surface area contributed by atoms with Crippen LogP contribution in [0.1, 0.15) is 24.8 Å². The zero-order valence-electron chi connectivity index (χ0n) is 16.6. The molecule has 1 aromatic rings. The highest BCUT2D eigenvalue weighted by molar-refractivity contribution is 7.91. The summed E-state index contributed by atoms with van der Waals surface area (Å²) in [4.78, 5) is 18.7. The molecule has 0 radical (unpaired) electrons. The maximum Gasteiger partial charge on any atom is 0.416 e. The highest BCUT2D eigenvalue weighted by Crippen LogP contribution is 2.33. The minimum Gasteiger partial charge on any atom is -0.369 e. The van der Waals surface area contributed by atoms with Gasteiger partial charge in [0.1, 0.15) is 0 Å². The Morgan fingerprint density at radius 1 is 1.07 bits per heavy atom. The Hall–Kier alpha value is -1.81. The fourth-order valence-corrected chi connectivity index (χ4v) is 6.08. The minimum absolute atomic E-state index is 0.0351. The Kier molecular flexibility index (Phi) is 5.73. The lowest BCUT2D eigenvalue weighted by Crippen LogP contribution is -2.52. The van der Waals surface area contributed by atoms with Gasteiger partial charge in [-0.2, -0.15) is 13.2 Å². The second-order valence-electron chi connectivity index (χ2n) is 8.40. The summed E-state index contributed by atoms with van der Waals surface area (Å²) in [6.07, 6.45) is -2.02. The molecule has 1 amide bonds. The van der Waals surface area contributed by atoms with Crippen LogP contribution in [0.3, 0.4) is 0 Å². The van der Waals surface area contributed by atoms with Crippen molar-refractivity contribution >= 4 is 21.4 Å². The first-order valence-electron chi connectivity index (χ1n) is 10.3. The number of benzene rings is 1. The van der Waals surface area contributed by atoms with E-state index in [0.29, 0.717) is 38.3 Å². The molecule has 0 spiro atoms. The minimum atomic E-state index is -4.37. The smallest absolute Gasteiger partial charge is 0.369 e. The molecule has 1 aliphatic carbocycles. The molecule has 2 heterocycles. The molecule has 6 nitrogen and oxygen atoms in total. The van der Waals surface area contributed by atoms with Gasteiger partial charge in [0.2, 0.25) is 5.91 Å². The van der Waals surface area contributed by atoms with Crippen molar-refractivity contribution in [3.8, 4) is 0 Å². The number of piperazine rings is 1. The van der Waals surface area contributed by atoms with Crippen molar-refractivity contribution in [2.75, 3.05) is 49.1 Å². The molecule has 2 aliphatic heterocycles. The number of sulfone groups is 1. The van der Waals surface area contributed by atoms with E-state index in [9.17, 15) is 26.4 Å². The van der Waals surface area contributed by atoms with Gasteiger partial charge < -0.3 is 9.80 Å². The maximum absolute atomic E-state index is 13.0. The summed E-state index contributed by atoms with van der Waals surface area (Å²) in [7, 11) is -3.06. The van der Waals surface area contributed by atoms with Crippen LogP contribution in [0.5, 0.6) is 0 Å². The molecule has 1 atom stereocenters.